The van der Waals surface area contributed by atoms with Gasteiger partial charge in [0.1, 0.15) is 0 Å². The van der Waals surface area contributed by atoms with Crippen molar-refractivity contribution in [1.29, 1.82) is 0 Å². The van der Waals surface area contributed by atoms with Crippen LogP contribution in [-0.4, -0.2) is 39.8 Å². The van der Waals surface area contributed by atoms with Gasteiger partial charge in [0.15, 0.2) is 5.82 Å². The number of hydrogen-bond acceptors (Lipinski definition) is 6. The van der Waals surface area contributed by atoms with E-state index in [4.69, 9.17) is 11.6 Å². The summed E-state index contributed by atoms with van der Waals surface area (Å²) in [6, 6.07) is 4.21. The fourth-order valence-corrected chi connectivity index (χ4v) is 2.72. The Bertz CT molecular complexity index is 634. The van der Waals surface area contributed by atoms with E-state index in [2.05, 4.69) is 42.5 Å². The first-order chi connectivity index (χ1) is 10.8. The average molecular weight is 317 g/mol. The molecular weight excluding hydrogens is 300 g/mol. The van der Waals surface area contributed by atoms with Gasteiger partial charge in [0.05, 0.1) is 23.1 Å². The summed E-state index contributed by atoms with van der Waals surface area (Å²) >= 11 is 5.76. The van der Waals surface area contributed by atoms with Crippen LogP contribution in [0.3, 0.4) is 0 Å². The Morgan fingerprint density at radius 2 is 1.91 bits per heavy atom. The molecule has 0 radical (unpaired) electrons. The van der Waals surface area contributed by atoms with Gasteiger partial charge in [-0.25, -0.2) is 9.97 Å². The summed E-state index contributed by atoms with van der Waals surface area (Å²) in [5, 5.41) is 12.5. The van der Waals surface area contributed by atoms with Gasteiger partial charge in [0, 0.05) is 31.5 Å². The van der Waals surface area contributed by atoms with Gasteiger partial charge in [-0.3, -0.25) is 0 Å². The molecule has 0 aromatic carbocycles. The summed E-state index contributed by atoms with van der Waals surface area (Å²) in [7, 11) is 0. The van der Waals surface area contributed by atoms with Crippen molar-refractivity contribution in [3.05, 3.63) is 35.2 Å². The lowest BCUT2D eigenvalue weighted by atomic mass is 10.0. The molecule has 0 bridgehead atoms. The standard InChI is InChI=1S/C15H17ClN6/c16-12-6-18-15(19-7-12)17-5-10-8-22(9-10)14-4-3-13(20-21-14)11-1-2-11/h3-4,6-7,10-11H,1-2,5,8-9H2,(H,17,18,19). The number of nitrogens with one attached hydrogen (secondary N) is 1. The van der Waals surface area contributed by atoms with E-state index in [1.807, 2.05) is 0 Å². The largest absolute Gasteiger partial charge is 0.354 e. The fraction of sp³-hybridized carbons (Fsp3) is 0.467. The summed E-state index contributed by atoms with van der Waals surface area (Å²) in [6.45, 7) is 2.82. The zero-order valence-corrected chi connectivity index (χ0v) is 12.9. The minimum Gasteiger partial charge on any atom is -0.354 e. The van der Waals surface area contributed by atoms with Crippen LogP contribution in [0.2, 0.25) is 5.02 Å². The van der Waals surface area contributed by atoms with Crippen molar-refractivity contribution in [2.75, 3.05) is 29.9 Å². The molecule has 1 saturated heterocycles. The highest BCUT2D eigenvalue weighted by Crippen LogP contribution is 2.38. The van der Waals surface area contributed by atoms with Gasteiger partial charge >= 0.3 is 0 Å². The highest BCUT2D eigenvalue weighted by atomic mass is 35.5. The molecule has 7 heteroatoms. The van der Waals surface area contributed by atoms with Crippen LogP contribution < -0.4 is 10.2 Å². The van der Waals surface area contributed by atoms with E-state index in [9.17, 15) is 0 Å². The molecule has 0 unspecified atom stereocenters. The lowest BCUT2D eigenvalue weighted by Crippen LogP contribution is -2.50. The molecule has 2 aliphatic rings. The Labute approximate surface area is 133 Å². The molecule has 4 rings (SSSR count). The van der Waals surface area contributed by atoms with Crippen molar-refractivity contribution >= 4 is 23.4 Å². The minimum absolute atomic E-state index is 0.550. The minimum atomic E-state index is 0.550. The number of halogens is 1. The molecule has 114 valence electrons. The maximum atomic E-state index is 5.76. The normalized spacial score (nSPS) is 18.1. The Morgan fingerprint density at radius 3 is 2.55 bits per heavy atom. The average Bonchev–Trinajstić information content (AvgIpc) is 3.33. The third kappa shape index (κ3) is 2.97. The monoisotopic (exact) mass is 316 g/mol. The second-order valence-electron chi connectivity index (χ2n) is 5.97. The van der Waals surface area contributed by atoms with E-state index in [0.717, 1.165) is 31.1 Å². The van der Waals surface area contributed by atoms with Crippen LogP contribution in [0.25, 0.3) is 0 Å². The van der Waals surface area contributed by atoms with Gasteiger partial charge in [-0.05, 0) is 25.0 Å². The third-order valence-corrected chi connectivity index (χ3v) is 4.31. The van der Waals surface area contributed by atoms with E-state index in [-0.39, 0.29) is 0 Å². The van der Waals surface area contributed by atoms with Crippen LogP contribution >= 0.6 is 11.6 Å². The summed E-state index contributed by atoms with van der Waals surface area (Å²) in [6.07, 6.45) is 5.72. The summed E-state index contributed by atoms with van der Waals surface area (Å²) in [5.41, 5.74) is 1.14. The first kappa shape index (κ1) is 13.7. The Morgan fingerprint density at radius 1 is 1.14 bits per heavy atom. The second kappa shape index (κ2) is 5.68. The zero-order valence-electron chi connectivity index (χ0n) is 12.1. The summed E-state index contributed by atoms with van der Waals surface area (Å²) in [4.78, 5) is 10.5. The van der Waals surface area contributed by atoms with Crippen molar-refractivity contribution in [3.63, 3.8) is 0 Å². The van der Waals surface area contributed by atoms with Gasteiger partial charge in [-0.1, -0.05) is 11.6 Å². The van der Waals surface area contributed by atoms with Crippen molar-refractivity contribution in [2.45, 2.75) is 18.8 Å². The summed E-state index contributed by atoms with van der Waals surface area (Å²) in [5.74, 6) is 2.83. The van der Waals surface area contributed by atoms with Crippen LogP contribution in [0.15, 0.2) is 24.5 Å². The van der Waals surface area contributed by atoms with Gasteiger partial charge in [0.2, 0.25) is 5.95 Å². The van der Waals surface area contributed by atoms with Crippen LogP contribution in [0, 0.1) is 5.92 Å². The summed E-state index contributed by atoms with van der Waals surface area (Å²) < 4.78 is 0. The van der Waals surface area contributed by atoms with Crippen molar-refractivity contribution in [3.8, 4) is 0 Å². The molecule has 0 amide bonds. The van der Waals surface area contributed by atoms with E-state index in [0.29, 0.717) is 22.8 Å². The molecule has 0 atom stereocenters. The first-order valence-electron chi connectivity index (χ1n) is 7.58. The lowest BCUT2D eigenvalue weighted by molar-refractivity contribution is 0.424. The highest BCUT2D eigenvalue weighted by Gasteiger charge is 2.29. The predicted molar refractivity (Wildman–Crippen MR) is 85.2 cm³/mol. The molecule has 1 aliphatic carbocycles. The second-order valence-corrected chi connectivity index (χ2v) is 6.40. The SMILES string of the molecule is Clc1cnc(NCC2CN(c3ccc(C4CC4)nn3)C2)nc1. The Kier molecular flexibility index (Phi) is 3.54. The number of anilines is 2. The van der Waals surface area contributed by atoms with Crippen LogP contribution in [0.4, 0.5) is 11.8 Å². The van der Waals surface area contributed by atoms with Crippen molar-refractivity contribution in [2.24, 2.45) is 5.92 Å². The van der Waals surface area contributed by atoms with E-state index < -0.39 is 0 Å². The van der Waals surface area contributed by atoms with E-state index in [1.165, 1.54) is 12.8 Å². The smallest absolute Gasteiger partial charge is 0.222 e. The molecule has 2 fully saturated rings. The van der Waals surface area contributed by atoms with Gasteiger partial charge < -0.3 is 10.2 Å². The number of hydrogen-bond donors (Lipinski definition) is 1. The van der Waals surface area contributed by atoms with Crippen molar-refractivity contribution < 1.29 is 0 Å². The third-order valence-electron chi connectivity index (χ3n) is 4.12. The van der Waals surface area contributed by atoms with Gasteiger partial charge in [0.25, 0.3) is 0 Å². The predicted octanol–water partition coefficient (Wildman–Crippen LogP) is 2.35. The molecule has 1 N–H and O–H groups in total. The molecular formula is C15H17ClN6. The van der Waals surface area contributed by atoms with Crippen LogP contribution in [-0.2, 0) is 0 Å². The number of nitrogens with zero attached hydrogens (tertiary/aromatic N) is 5. The van der Waals surface area contributed by atoms with Crippen molar-refractivity contribution in [1.82, 2.24) is 20.2 Å². The number of aromatic nitrogens is 4. The number of rotatable bonds is 5. The Balaban J connectivity index is 1.25. The molecule has 1 aliphatic heterocycles. The lowest BCUT2D eigenvalue weighted by Gasteiger charge is -2.39. The van der Waals surface area contributed by atoms with E-state index in [1.54, 1.807) is 12.4 Å². The Hall–Kier alpha value is -1.95. The fourth-order valence-electron chi connectivity index (χ4n) is 2.63. The first-order valence-corrected chi connectivity index (χ1v) is 7.96. The molecule has 3 heterocycles. The maximum absolute atomic E-state index is 5.76. The van der Waals surface area contributed by atoms with E-state index >= 15 is 0 Å². The molecule has 6 nitrogen and oxygen atoms in total. The zero-order chi connectivity index (χ0) is 14.9. The molecule has 2 aromatic heterocycles. The molecule has 1 saturated carbocycles. The van der Waals surface area contributed by atoms with Crippen LogP contribution in [0.1, 0.15) is 24.5 Å². The molecule has 0 spiro atoms. The quantitative estimate of drug-likeness (QED) is 0.913. The van der Waals surface area contributed by atoms with Gasteiger partial charge in [-0.2, -0.15) is 5.10 Å². The topological polar surface area (TPSA) is 66.8 Å². The molecule has 2 aromatic rings. The molecule has 22 heavy (non-hydrogen) atoms. The maximum Gasteiger partial charge on any atom is 0.222 e. The van der Waals surface area contributed by atoms with Gasteiger partial charge in [-0.15, -0.1) is 5.10 Å². The highest BCUT2D eigenvalue weighted by molar-refractivity contribution is 6.30. The van der Waals surface area contributed by atoms with Crippen LogP contribution in [0.5, 0.6) is 0 Å².